The molecule has 0 spiro atoms. The summed E-state index contributed by atoms with van der Waals surface area (Å²) in [5.74, 6) is -0.288. The standard InChI is InChI=1S/C14H9ClFNO2/c15-11-3-1-5-14(10(11)8-18)19-13-6-2-4-12(16)9(13)7-17/h1-6,18H,8H2. The van der Waals surface area contributed by atoms with Gasteiger partial charge in [0.05, 0.1) is 6.61 Å². The van der Waals surface area contributed by atoms with Gasteiger partial charge in [0.15, 0.2) is 0 Å². The number of ether oxygens (including phenoxy) is 1. The Morgan fingerprint density at radius 1 is 1.21 bits per heavy atom. The van der Waals surface area contributed by atoms with E-state index in [2.05, 4.69) is 0 Å². The molecule has 0 atom stereocenters. The first-order chi connectivity index (χ1) is 9.17. The molecule has 0 fully saturated rings. The molecule has 0 amide bonds. The number of rotatable bonds is 3. The maximum Gasteiger partial charge on any atom is 0.148 e. The molecule has 0 aliphatic heterocycles. The first kappa shape index (κ1) is 13.3. The number of halogens is 2. The van der Waals surface area contributed by atoms with E-state index in [4.69, 9.17) is 21.6 Å². The topological polar surface area (TPSA) is 53.2 Å². The van der Waals surface area contributed by atoms with Gasteiger partial charge in [-0.2, -0.15) is 5.26 Å². The summed E-state index contributed by atoms with van der Waals surface area (Å²) in [6.07, 6.45) is 0. The van der Waals surface area contributed by atoms with Crippen molar-refractivity contribution in [2.45, 2.75) is 6.61 Å². The zero-order chi connectivity index (χ0) is 13.8. The van der Waals surface area contributed by atoms with Crippen LogP contribution in [0.15, 0.2) is 36.4 Å². The van der Waals surface area contributed by atoms with Crippen LogP contribution >= 0.6 is 11.6 Å². The molecule has 0 saturated carbocycles. The summed E-state index contributed by atoms with van der Waals surface area (Å²) in [5, 5.41) is 18.5. The third-order valence-corrected chi connectivity index (χ3v) is 2.90. The van der Waals surface area contributed by atoms with E-state index in [1.165, 1.54) is 18.2 Å². The number of benzene rings is 2. The van der Waals surface area contributed by atoms with Crippen LogP contribution in [0.4, 0.5) is 4.39 Å². The summed E-state index contributed by atoms with van der Waals surface area (Å²) in [7, 11) is 0. The summed E-state index contributed by atoms with van der Waals surface area (Å²) in [5.41, 5.74) is 0.198. The normalized spacial score (nSPS) is 10.0. The molecule has 0 aromatic heterocycles. The van der Waals surface area contributed by atoms with Gasteiger partial charge in [0.1, 0.15) is 28.9 Å². The number of nitriles is 1. The average Bonchev–Trinajstić information content (AvgIpc) is 2.39. The van der Waals surface area contributed by atoms with E-state index >= 15 is 0 Å². The largest absolute Gasteiger partial charge is 0.455 e. The second-order valence-corrected chi connectivity index (χ2v) is 4.11. The zero-order valence-electron chi connectivity index (χ0n) is 9.73. The molecule has 0 bridgehead atoms. The van der Waals surface area contributed by atoms with Crippen LogP contribution in [0.5, 0.6) is 11.5 Å². The van der Waals surface area contributed by atoms with Crippen molar-refractivity contribution in [2.24, 2.45) is 0 Å². The van der Waals surface area contributed by atoms with Gasteiger partial charge in [0.2, 0.25) is 0 Å². The first-order valence-electron chi connectivity index (χ1n) is 5.42. The summed E-state index contributed by atoms with van der Waals surface area (Å²) in [6.45, 7) is -0.313. The van der Waals surface area contributed by atoms with Crippen molar-refractivity contribution >= 4 is 11.6 Å². The van der Waals surface area contributed by atoms with E-state index in [-0.39, 0.29) is 23.7 Å². The van der Waals surface area contributed by atoms with Gasteiger partial charge in [-0.25, -0.2) is 4.39 Å². The van der Waals surface area contributed by atoms with Crippen LogP contribution in [0.3, 0.4) is 0 Å². The Balaban J connectivity index is 2.46. The molecular formula is C14H9ClFNO2. The van der Waals surface area contributed by atoms with Crippen molar-refractivity contribution < 1.29 is 14.2 Å². The maximum absolute atomic E-state index is 13.4. The molecule has 0 radical (unpaired) electrons. The molecule has 2 rings (SSSR count). The summed E-state index contributed by atoms with van der Waals surface area (Å²) < 4.78 is 18.9. The lowest BCUT2D eigenvalue weighted by molar-refractivity contribution is 0.276. The Bertz CT molecular complexity index is 652. The highest BCUT2D eigenvalue weighted by Crippen LogP contribution is 2.32. The maximum atomic E-state index is 13.4. The second-order valence-electron chi connectivity index (χ2n) is 3.70. The molecule has 0 heterocycles. The van der Waals surface area contributed by atoms with Crippen molar-refractivity contribution in [3.63, 3.8) is 0 Å². The van der Waals surface area contributed by atoms with Crippen LogP contribution in [0.1, 0.15) is 11.1 Å². The smallest absolute Gasteiger partial charge is 0.148 e. The molecule has 2 aromatic rings. The fraction of sp³-hybridized carbons (Fsp3) is 0.0714. The summed E-state index contributed by atoms with van der Waals surface area (Å²) in [6, 6.07) is 10.7. The average molecular weight is 278 g/mol. The molecule has 0 aliphatic rings. The van der Waals surface area contributed by atoms with Crippen LogP contribution < -0.4 is 4.74 Å². The Kier molecular flexibility index (Phi) is 4.00. The summed E-state index contributed by atoms with van der Waals surface area (Å²) in [4.78, 5) is 0. The lowest BCUT2D eigenvalue weighted by atomic mass is 10.2. The van der Waals surface area contributed by atoms with Crippen LogP contribution in [0.2, 0.25) is 5.02 Å². The van der Waals surface area contributed by atoms with Gasteiger partial charge in [-0.1, -0.05) is 23.7 Å². The Hall–Kier alpha value is -2.09. The van der Waals surface area contributed by atoms with Gasteiger partial charge in [0.25, 0.3) is 0 Å². The minimum absolute atomic E-state index is 0.0828. The van der Waals surface area contributed by atoms with Crippen molar-refractivity contribution in [1.82, 2.24) is 0 Å². The van der Waals surface area contributed by atoms with Crippen molar-refractivity contribution in [1.29, 1.82) is 5.26 Å². The molecule has 0 aliphatic carbocycles. The zero-order valence-corrected chi connectivity index (χ0v) is 10.5. The fourth-order valence-electron chi connectivity index (χ4n) is 1.60. The highest BCUT2D eigenvalue weighted by molar-refractivity contribution is 6.31. The van der Waals surface area contributed by atoms with Crippen molar-refractivity contribution in [2.75, 3.05) is 0 Å². The molecule has 96 valence electrons. The molecule has 19 heavy (non-hydrogen) atoms. The van der Waals surface area contributed by atoms with Gasteiger partial charge in [-0.05, 0) is 24.3 Å². The molecule has 0 saturated heterocycles. The van der Waals surface area contributed by atoms with Gasteiger partial charge < -0.3 is 9.84 Å². The Morgan fingerprint density at radius 3 is 2.58 bits per heavy atom. The third kappa shape index (κ3) is 2.68. The highest BCUT2D eigenvalue weighted by atomic mass is 35.5. The lowest BCUT2D eigenvalue weighted by Crippen LogP contribution is -1.96. The van der Waals surface area contributed by atoms with Gasteiger partial charge >= 0.3 is 0 Å². The van der Waals surface area contributed by atoms with E-state index in [0.717, 1.165) is 0 Å². The number of aliphatic hydroxyl groups excluding tert-OH is 1. The van der Waals surface area contributed by atoms with Gasteiger partial charge in [0, 0.05) is 10.6 Å². The molecular weight excluding hydrogens is 269 g/mol. The lowest BCUT2D eigenvalue weighted by Gasteiger charge is -2.12. The third-order valence-electron chi connectivity index (χ3n) is 2.54. The SMILES string of the molecule is N#Cc1c(F)cccc1Oc1cccc(Cl)c1CO. The van der Waals surface area contributed by atoms with Crippen LogP contribution in [-0.4, -0.2) is 5.11 Å². The van der Waals surface area contributed by atoms with E-state index in [0.29, 0.717) is 10.6 Å². The molecule has 0 unspecified atom stereocenters. The van der Waals surface area contributed by atoms with Crippen LogP contribution in [0, 0.1) is 17.1 Å². The van der Waals surface area contributed by atoms with Crippen LogP contribution in [-0.2, 0) is 6.61 Å². The predicted octanol–water partition coefficient (Wildman–Crippen LogP) is 3.64. The molecule has 3 nitrogen and oxygen atoms in total. The molecule has 5 heteroatoms. The first-order valence-corrected chi connectivity index (χ1v) is 5.80. The quantitative estimate of drug-likeness (QED) is 0.932. The van der Waals surface area contributed by atoms with Crippen molar-refractivity contribution in [3.8, 4) is 17.6 Å². The van der Waals surface area contributed by atoms with Gasteiger partial charge in [-0.3, -0.25) is 0 Å². The van der Waals surface area contributed by atoms with E-state index in [1.807, 2.05) is 0 Å². The number of hydrogen-bond acceptors (Lipinski definition) is 3. The number of hydrogen-bond donors (Lipinski definition) is 1. The highest BCUT2D eigenvalue weighted by Gasteiger charge is 2.13. The van der Waals surface area contributed by atoms with Crippen LogP contribution in [0.25, 0.3) is 0 Å². The van der Waals surface area contributed by atoms with E-state index in [1.54, 1.807) is 24.3 Å². The Morgan fingerprint density at radius 2 is 1.89 bits per heavy atom. The van der Waals surface area contributed by atoms with E-state index in [9.17, 15) is 9.50 Å². The van der Waals surface area contributed by atoms with E-state index < -0.39 is 5.82 Å². The number of aliphatic hydroxyl groups is 1. The number of nitrogens with zero attached hydrogens (tertiary/aromatic N) is 1. The Labute approximate surface area is 114 Å². The molecule has 2 aromatic carbocycles. The molecule has 1 N–H and O–H groups in total. The van der Waals surface area contributed by atoms with Gasteiger partial charge in [-0.15, -0.1) is 0 Å². The second kappa shape index (κ2) is 5.70. The minimum atomic E-state index is -0.660. The monoisotopic (exact) mass is 277 g/mol. The van der Waals surface area contributed by atoms with Crippen molar-refractivity contribution in [3.05, 3.63) is 58.4 Å². The summed E-state index contributed by atoms with van der Waals surface area (Å²) >= 11 is 5.92. The fourth-order valence-corrected chi connectivity index (χ4v) is 1.83. The predicted molar refractivity (Wildman–Crippen MR) is 68.6 cm³/mol. The minimum Gasteiger partial charge on any atom is -0.455 e.